The number of benzene rings is 1. The van der Waals surface area contributed by atoms with E-state index in [0.717, 1.165) is 18.6 Å². The molecule has 0 saturated heterocycles. The smallest absolute Gasteiger partial charge is 0.336 e. The van der Waals surface area contributed by atoms with Gasteiger partial charge in [-0.05, 0) is 49.4 Å². The highest BCUT2D eigenvalue weighted by molar-refractivity contribution is 5.72. The fraction of sp³-hybridized carbons (Fsp3) is 0.500. The summed E-state index contributed by atoms with van der Waals surface area (Å²) in [6.07, 6.45) is 2.51. The number of aryl methyl sites for hydroxylation is 2. The van der Waals surface area contributed by atoms with Crippen molar-refractivity contribution in [2.24, 2.45) is 0 Å². The van der Waals surface area contributed by atoms with E-state index >= 15 is 0 Å². The second kappa shape index (κ2) is 5.87. The van der Waals surface area contributed by atoms with Crippen LogP contribution < -0.4 is 4.74 Å². The molecule has 4 heteroatoms. The van der Waals surface area contributed by atoms with Gasteiger partial charge in [-0.15, -0.1) is 0 Å². The van der Waals surface area contributed by atoms with Gasteiger partial charge in [-0.2, -0.15) is 0 Å². The van der Waals surface area contributed by atoms with Gasteiger partial charge in [-0.3, -0.25) is 0 Å². The van der Waals surface area contributed by atoms with Crippen molar-refractivity contribution >= 4 is 5.97 Å². The molecule has 1 atom stereocenters. The summed E-state index contributed by atoms with van der Waals surface area (Å²) in [5.41, 5.74) is 2.69. The molecule has 0 heterocycles. The summed E-state index contributed by atoms with van der Waals surface area (Å²) in [6.45, 7) is 2.18. The first kappa shape index (κ1) is 12.9. The van der Waals surface area contributed by atoms with Crippen molar-refractivity contribution in [2.45, 2.75) is 32.3 Å². The monoisotopic (exact) mass is 250 g/mol. The van der Waals surface area contributed by atoms with E-state index in [2.05, 4.69) is 6.07 Å². The number of ether oxygens (including phenoxy) is 2. The van der Waals surface area contributed by atoms with Crippen molar-refractivity contribution < 1.29 is 19.4 Å². The summed E-state index contributed by atoms with van der Waals surface area (Å²) in [7, 11) is 0. The lowest BCUT2D eigenvalue weighted by atomic mass is 10.1. The molecule has 0 radical (unpaired) electrons. The predicted octanol–water partition coefficient (Wildman–Crippen LogP) is 2.04. The molecule has 1 aliphatic carbocycles. The zero-order valence-corrected chi connectivity index (χ0v) is 10.5. The zero-order valence-electron chi connectivity index (χ0n) is 10.5. The lowest BCUT2D eigenvalue weighted by Crippen LogP contribution is -2.30. The van der Waals surface area contributed by atoms with Crippen LogP contribution in [0.5, 0.6) is 5.75 Å². The van der Waals surface area contributed by atoms with E-state index < -0.39 is 12.1 Å². The van der Waals surface area contributed by atoms with Gasteiger partial charge in [0.15, 0.2) is 6.10 Å². The lowest BCUT2D eigenvalue weighted by Gasteiger charge is -2.14. The highest BCUT2D eigenvalue weighted by Gasteiger charge is 2.18. The van der Waals surface area contributed by atoms with E-state index in [9.17, 15) is 4.79 Å². The minimum atomic E-state index is -0.988. The largest absolute Gasteiger partial charge is 0.490 e. The molecule has 0 amide bonds. The summed E-state index contributed by atoms with van der Waals surface area (Å²) in [4.78, 5) is 10.9. The Morgan fingerprint density at radius 1 is 1.39 bits per heavy atom. The summed E-state index contributed by atoms with van der Waals surface area (Å²) in [5, 5.41) is 8.93. The Bertz CT molecular complexity index is 428. The van der Waals surface area contributed by atoms with Crippen LogP contribution in [0.4, 0.5) is 0 Å². The van der Waals surface area contributed by atoms with Crippen LogP contribution in [0.1, 0.15) is 24.5 Å². The van der Waals surface area contributed by atoms with Crippen molar-refractivity contribution in [3.05, 3.63) is 29.3 Å². The summed E-state index contributed by atoms with van der Waals surface area (Å²) in [6, 6.07) is 5.97. The molecule has 1 aromatic rings. The number of carboxylic acids is 1. The van der Waals surface area contributed by atoms with Gasteiger partial charge in [-0.1, -0.05) is 6.07 Å². The van der Waals surface area contributed by atoms with E-state index in [-0.39, 0.29) is 6.61 Å². The predicted molar refractivity (Wildman–Crippen MR) is 67.0 cm³/mol. The average molecular weight is 250 g/mol. The number of aliphatic carboxylic acids is 1. The third-order valence-electron chi connectivity index (χ3n) is 3.11. The Hall–Kier alpha value is -1.55. The first-order valence-corrected chi connectivity index (χ1v) is 6.29. The van der Waals surface area contributed by atoms with E-state index in [1.54, 1.807) is 6.92 Å². The Kier molecular flexibility index (Phi) is 4.20. The summed E-state index contributed by atoms with van der Waals surface area (Å²) >= 11 is 0. The maximum Gasteiger partial charge on any atom is 0.336 e. The Labute approximate surface area is 107 Å². The molecule has 4 nitrogen and oxygen atoms in total. The molecule has 0 aromatic heterocycles. The average Bonchev–Trinajstić information content (AvgIpc) is 2.81. The Balaban J connectivity index is 1.95. The van der Waals surface area contributed by atoms with Gasteiger partial charge in [0.25, 0.3) is 0 Å². The van der Waals surface area contributed by atoms with Crippen LogP contribution in [0, 0.1) is 0 Å². The second-order valence-corrected chi connectivity index (χ2v) is 4.38. The fourth-order valence-corrected chi connectivity index (χ4v) is 2.20. The normalized spacial score (nSPS) is 15.2. The number of carboxylic acid groups (broad SMARTS) is 1. The molecule has 1 aromatic carbocycles. The fourth-order valence-electron chi connectivity index (χ4n) is 2.20. The van der Waals surface area contributed by atoms with Gasteiger partial charge in [0, 0.05) is 6.61 Å². The van der Waals surface area contributed by atoms with Crippen molar-refractivity contribution in [3.63, 3.8) is 0 Å². The Morgan fingerprint density at radius 2 is 2.17 bits per heavy atom. The number of rotatable bonds is 6. The van der Waals surface area contributed by atoms with Crippen molar-refractivity contribution in [3.8, 4) is 5.75 Å². The van der Waals surface area contributed by atoms with Crippen LogP contribution in [-0.2, 0) is 22.4 Å². The number of hydrogen-bond acceptors (Lipinski definition) is 3. The molecule has 0 fully saturated rings. The molecule has 0 saturated carbocycles. The van der Waals surface area contributed by atoms with E-state index in [1.807, 2.05) is 12.1 Å². The van der Waals surface area contributed by atoms with Crippen LogP contribution in [0.25, 0.3) is 0 Å². The van der Waals surface area contributed by atoms with Crippen molar-refractivity contribution in [2.75, 3.05) is 13.2 Å². The first-order valence-electron chi connectivity index (χ1n) is 6.29. The molecule has 0 bridgehead atoms. The van der Waals surface area contributed by atoms with Gasteiger partial charge in [0.1, 0.15) is 12.4 Å². The van der Waals surface area contributed by atoms with Gasteiger partial charge in [0.05, 0.1) is 0 Å². The minimum Gasteiger partial charge on any atom is -0.490 e. The maximum absolute atomic E-state index is 10.9. The van der Waals surface area contributed by atoms with Crippen LogP contribution in [0.15, 0.2) is 18.2 Å². The van der Waals surface area contributed by atoms with Gasteiger partial charge in [0.2, 0.25) is 0 Å². The molecule has 2 rings (SSSR count). The highest BCUT2D eigenvalue weighted by Crippen LogP contribution is 2.26. The summed E-state index contributed by atoms with van der Waals surface area (Å²) < 4.78 is 10.6. The van der Waals surface area contributed by atoms with Crippen LogP contribution in [-0.4, -0.2) is 30.4 Å². The van der Waals surface area contributed by atoms with Crippen molar-refractivity contribution in [1.29, 1.82) is 0 Å². The number of carbonyl (C=O) groups is 1. The SMILES string of the molecule is CCOC(COc1ccc2c(c1)CCC2)C(=O)O. The number of fused-ring (bicyclic) bond motifs is 1. The molecule has 98 valence electrons. The molecule has 18 heavy (non-hydrogen) atoms. The van der Waals surface area contributed by atoms with Gasteiger partial charge < -0.3 is 14.6 Å². The third-order valence-corrected chi connectivity index (χ3v) is 3.11. The third kappa shape index (κ3) is 3.01. The second-order valence-electron chi connectivity index (χ2n) is 4.38. The minimum absolute atomic E-state index is 0.0436. The zero-order chi connectivity index (χ0) is 13.0. The Morgan fingerprint density at radius 3 is 2.89 bits per heavy atom. The van der Waals surface area contributed by atoms with Gasteiger partial charge >= 0.3 is 5.97 Å². The van der Waals surface area contributed by atoms with Crippen LogP contribution >= 0.6 is 0 Å². The molecule has 1 N–H and O–H groups in total. The molecular weight excluding hydrogens is 232 g/mol. The van der Waals surface area contributed by atoms with Gasteiger partial charge in [-0.25, -0.2) is 4.79 Å². The quantitative estimate of drug-likeness (QED) is 0.839. The van der Waals surface area contributed by atoms with Crippen molar-refractivity contribution in [1.82, 2.24) is 0 Å². The molecule has 0 aliphatic heterocycles. The summed E-state index contributed by atoms with van der Waals surface area (Å²) in [5.74, 6) is -0.264. The maximum atomic E-state index is 10.9. The number of hydrogen-bond donors (Lipinski definition) is 1. The lowest BCUT2D eigenvalue weighted by molar-refractivity contribution is -0.152. The topological polar surface area (TPSA) is 55.8 Å². The highest BCUT2D eigenvalue weighted by atomic mass is 16.5. The van der Waals surface area contributed by atoms with Crippen LogP contribution in [0.3, 0.4) is 0 Å². The van der Waals surface area contributed by atoms with E-state index in [0.29, 0.717) is 6.61 Å². The molecule has 1 aliphatic rings. The molecular formula is C14H18O4. The molecule has 1 unspecified atom stereocenters. The van der Waals surface area contributed by atoms with E-state index in [4.69, 9.17) is 14.6 Å². The van der Waals surface area contributed by atoms with Crippen LogP contribution in [0.2, 0.25) is 0 Å². The molecule has 0 spiro atoms. The standard InChI is InChI=1S/C14H18O4/c1-2-17-13(14(15)16)9-18-12-7-6-10-4-3-5-11(10)8-12/h6-8,13H,2-5,9H2,1H3,(H,15,16). The first-order chi connectivity index (χ1) is 8.70. The van der Waals surface area contributed by atoms with E-state index in [1.165, 1.54) is 17.5 Å².